The number of aromatic nitrogens is 3. The van der Waals surface area contributed by atoms with Crippen LogP contribution < -0.4 is 10.5 Å². The lowest BCUT2D eigenvalue weighted by molar-refractivity contribution is -0.219. The van der Waals surface area contributed by atoms with Gasteiger partial charge in [0.2, 0.25) is 5.88 Å². The number of rotatable bonds is 4. The number of hydrogen-bond acceptors (Lipinski definition) is 4. The lowest BCUT2D eigenvalue weighted by Crippen LogP contribution is -2.37. The van der Waals surface area contributed by atoms with Gasteiger partial charge in [-0.1, -0.05) is 11.6 Å². The molecule has 0 saturated heterocycles. The molecule has 2 aromatic heterocycles. The van der Waals surface area contributed by atoms with Gasteiger partial charge < -0.3 is 10.5 Å². The van der Waals surface area contributed by atoms with Gasteiger partial charge in [-0.2, -0.15) is 13.2 Å². The van der Waals surface area contributed by atoms with E-state index in [4.69, 9.17) is 22.1 Å². The molecule has 0 radical (unpaired) electrons. The van der Waals surface area contributed by atoms with E-state index >= 15 is 0 Å². The first kappa shape index (κ1) is 16.4. The van der Waals surface area contributed by atoms with Crippen molar-refractivity contribution in [3.8, 4) is 11.6 Å². The zero-order valence-corrected chi connectivity index (χ0v) is 12.6. The van der Waals surface area contributed by atoms with Crippen LogP contribution in [0.4, 0.5) is 19.0 Å². The SMILES string of the molecule is CC(C)(COc1ccn(-c2cnc(N)cc2Cl)n1)C(F)(F)F. The summed E-state index contributed by atoms with van der Waals surface area (Å²) in [5.74, 6) is 0.314. The number of nitrogens with zero attached hydrogens (tertiary/aromatic N) is 3. The molecule has 22 heavy (non-hydrogen) atoms. The molecule has 0 bridgehead atoms. The lowest BCUT2D eigenvalue weighted by atomic mass is 9.94. The summed E-state index contributed by atoms with van der Waals surface area (Å²) in [5.41, 5.74) is 3.96. The van der Waals surface area contributed by atoms with Gasteiger partial charge in [-0.3, -0.25) is 0 Å². The van der Waals surface area contributed by atoms with E-state index < -0.39 is 18.2 Å². The Balaban J connectivity index is 2.12. The van der Waals surface area contributed by atoms with Gasteiger partial charge in [-0.15, -0.1) is 5.10 Å². The number of halogens is 4. The monoisotopic (exact) mass is 334 g/mol. The fourth-order valence-corrected chi connectivity index (χ4v) is 1.71. The maximum Gasteiger partial charge on any atom is 0.397 e. The molecule has 2 aromatic rings. The third kappa shape index (κ3) is 3.44. The summed E-state index contributed by atoms with van der Waals surface area (Å²) in [4.78, 5) is 3.89. The Morgan fingerprint density at radius 1 is 1.36 bits per heavy atom. The van der Waals surface area contributed by atoms with E-state index in [1.807, 2.05) is 0 Å². The molecule has 9 heteroatoms. The van der Waals surface area contributed by atoms with Crippen LogP contribution in [-0.4, -0.2) is 27.5 Å². The molecule has 2 rings (SSSR count). The number of anilines is 1. The molecule has 0 aliphatic heterocycles. The van der Waals surface area contributed by atoms with Crippen molar-refractivity contribution in [2.24, 2.45) is 5.41 Å². The van der Waals surface area contributed by atoms with Crippen LogP contribution in [0.15, 0.2) is 24.5 Å². The molecule has 5 nitrogen and oxygen atoms in total. The minimum atomic E-state index is -4.36. The van der Waals surface area contributed by atoms with E-state index in [2.05, 4.69) is 10.1 Å². The second-order valence-electron chi connectivity index (χ2n) is 5.33. The third-order valence-electron chi connectivity index (χ3n) is 3.01. The fraction of sp³-hybridized carbons (Fsp3) is 0.385. The summed E-state index contributed by atoms with van der Waals surface area (Å²) in [6.07, 6.45) is -1.44. The second kappa shape index (κ2) is 5.68. The highest BCUT2D eigenvalue weighted by Crippen LogP contribution is 2.37. The summed E-state index contributed by atoms with van der Waals surface area (Å²) in [6.45, 7) is 1.58. The van der Waals surface area contributed by atoms with Crippen LogP contribution in [0.2, 0.25) is 5.02 Å². The summed E-state index contributed by atoms with van der Waals surface area (Å²) in [5, 5.41) is 4.34. The number of nitrogen functional groups attached to an aromatic ring is 1. The molecule has 0 amide bonds. The van der Waals surface area contributed by atoms with Crippen LogP contribution in [0, 0.1) is 5.41 Å². The van der Waals surface area contributed by atoms with E-state index in [0.29, 0.717) is 10.7 Å². The highest BCUT2D eigenvalue weighted by molar-refractivity contribution is 6.32. The van der Waals surface area contributed by atoms with Crippen LogP contribution >= 0.6 is 11.6 Å². The molecule has 0 atom stereocenters. The van der Waals surface area contributed by atoms with Crippen LogP contribution in [0.25, 0.3) is 5.69 Å². The largest absolute Gasteiger partial charge is 0.476 e. The first-order valence-electron chi connectivity index (χ1n) is 6.27. The van der Waals surface area contributed by atoms with Crippen molar-refractivity contribution < 1.29 is 17.9 Å². The minimum absolute atomic E-state index is 0.0604. The molecule has 0 unspecified atom stereocenters. The molecule has 0 aliphatic rings. The highest BCUT2D eigenvalue weighted by Gasteiger charge is 2.48. The number of alkyl halides is 3. The number of hydrogen-bond donors (Lipinski definition) is 1. The normalized spacial score (nSPS) is 12.5. The van der Waals surface area contributed by atoms with Gasteiger partial charge in [0.05, 0.1) is 16.6 Å². The van der Waals surface area contributed by atoms with Crippen molar-refractivity contribution in [3.05, 3.63) is 29.5 Å². The standard InChI is InChI=1S/C13H14ClF3N4O/c1-12(2,13(15,16)17)7-22-11-3-4-21(20-11)9-6-19-10(18)5-8(9)14/h3-6H,7H2,1-2H3,(H2,18,19). The Kier molecular flexibility index (Phi) is 4.23. The minimum Gasteiger partial charge on any atom is -0.476 e. The van der Waals surface area contributed by atoms with Gasteiger partial charge in [0.15, 0.2) is 0 Å². The summed E-state index contributed by atoms with van der Waals surface area (Å²) in [6, 6.07) is 2.89. The van der Waals surface area contributed by atoms with E-state index in [1.165, 1.54) is 29.2 Å². The zero-order valence-electron chi connectivity index (χ0n) is 11.9. The lowest BCUT2D eigenvalue weighted by Gasteiger charge is -2.26. The molecule has 0 spiro atoms. The van der Waals surface area contributed by atoms with Gasteiger partial charge in [0.25, 0.3) is 0 Å². The highest BCUT2D eigenvalue weighted by atomic mass is 35.5. The summed E-state index contributed by atoms with van der Waals surface area (Å²) >= 11 is 6.01. The smallest absolute Gasteiger partial charge is 0.397 e. The molecular weight excluding hydrogens is 321 g/mol. The molecule has 0 aromatic carbocycles. The van der Waals surface area contributed by atoms with Crippen LogP contribution in [0.5, 0.6) is 5.88 Å². The van der Waals surface area contributed by atoms with Crippen molar-refractivity contribution in [2.45, 2.75) is 20.0 Å². The first-order valence-corrected chi connectivity index (χ1v) is 6.64. The predicted octanol–water partition coefficient (Wildman–Crippen LogP) is 3.47. The van der Waals surface area contributed by atoms with Crippen LogP contribution in [-0.2, 0) is 0 Å². The quantitative estimate of drug-likeness (QED) is 0.929. The van der Waals surface area contributed by atoms with Gasteiger partial charge in [0.1, 0.15) is 18.1 Å². The van der Waals surface area contributed by atoms with Crippen molar-refractivity contribution in [2.75, 3.05) is 12.3 Å². The Bertz CT molecular complexity index is 670. The third-order valence-corrected chi connectivity index (χ3v) is 3.32. The van der Waals surface area contributed by atoms with Crippen molar-refractivity contribution in [1.29, 1.82) is 0 Å². The van der Waals surface area contributed by atoms with Crippen LogP contribution in [0.3, 0.4) is 0 Å². The number of nitrogens with two attached hydrogens (primary N) is 1. The van der Waals surface area contributed by atoms with Gasteiger partial charge in [-0.25, -0.2) is 9.67 Å². The maximum absolute atomic E-state index is 12.8. The van der Waals surface area contributed by atoms with E-state index in [9.17, 15) is 13.2 Å². The van der Waals surface area contributed by atoms with Gasteiger partial charge >= 0.3 is 6.18 Å². The van der Waals surface area contributed by atoms with Gasteiger partial charge in [-0.05, 0) is 13.8 Å². The van der Waals surface area contributed by atoms with Crippen molar-refractivity contribution in [3.63, 3.8) is 0 Å². The summed E-state index contributed by atoms with van der Waals surface area (Å²) in [7, 11) is 0. The molecular formula is C13H14ClF3N4O. The second-order valence-corrected chi connectivity index (χ2v) is 5.74. The van der Waals surface area contributed by atoms with Gasteiger partial charge in [0, 0.05) is 18.3 Å². The fourth-order valence-electron chi connectivity index (χ4n) is 1.46. The van der Waals surface area contributed by atoms with E-state index in [1.54, 1.807) is 0 Å². The Morgan fingerprint density at radius 2 is 2.05 bits per heavy atom. The topological polar surface area (TPSA) is 66.0 Å². The average Bonchev–Trinajstić information content (AvgIpc) is 2.83. The van der Waals surface area contributed by atoms with Crippen LogP contribution in [0.1, 0.15) is 13.8 Å². The molecule has 2 N–H and O–H groups in total. The Hall–Kier alpha value is -1.96. The molecule has 0 fully saturated rings. The maximum atomic E-state index is 12.8. The zero-order chi connectivity index (χ0) is 16.5. The summed E-state index contributed by atoms with van der Waals surface area (Å²) < 4.78 is 44.7. The van der Waals surface area contributed by atoms with Crippen molar-refractivity contribution in [1.82, 2.24) is 14.8 Å². The Morgan fingerprint density at radius 3 is 2.64 bits per heavy atom. The number of ether oxygens (including phenoxy) is 1. The molecule has 0 aliphatic carbocycles. The molecule has 0 saturated carbocycles. The molecule has 120 valence electrons. The number of pyridine rings is 1. The van der Waals surface area contributed by atoms with E-state index in [-0.39, 0.29) is 11.7 Å². The Labute approximate surface area is 129 Å². The van der Waals surface area contributed by atoms with Crippen molar-refractivity contribution >= 4 is 17.4 Å². The first-order chi connectivity index (χ1) is 10.1. The average molecular weight is 335 g/mol. The molecule has 2 heterocycles. The predicted molar refractivity (Wildman–Crippen MR) is 76.1 cm³/mol. The van der Waals surface area contributed by atoms with E-state index in [0.717, 1.165) is 13.8 Å².